The average molecular weight is 615 g/mol. The molecule has 3 aromatic rings. The number of hydrogen-bond donors (Lipinski definition) is 3. The monoisotopic (exact) mass is 614 g/mol. The van der Waals surface area contributed by atoms with Crippen LogP contribution in [0.5, 0.6) is 0 Å². The van der Waals surface area contributed by atoms with Gasteiger partial charge in [-0.15, -0.1) is 0 Å². The lowest BCUT2D eigenvalue weighted by atomic mass is 9.97. The first-order valence-electron chi connectivity index (χ1n) is 14.1. The number of amides is 2. The highest BCUT2D eigenvalue weighted by Crippen LogP contribution is 2.34. The van der Waals surface area contributed by atoms with Crippen LogP contribution in [-0.2, 0) is 18.3 Å². The SMILES string of the molecule is CCNc1cc(-c2ccc(Cl)cc2C(=O)N2CC(F)(F)C2)cc(NC(=O)c2cc(CNC[C@@H]3CCCO3)cn(C)c2=O)n1. The molecular formula is C30H33ClF2N6O4. The first-order chi connectivity index (χ1) is 20.5. The second-order valence-corrected chi connectivity index (χ2v) is 11.2. The first-order valence-corrected chi connectivity index (χ1v) is 14.5. The van der Waals surface area contributed by atoms with Gasteiger partial charge in [-0.05, 0) is 66.8 Å². The van der Waals surface area contributed by atoms with Crippen LogP contribution < -0.4 is 21.5 Å². The number of halogens is 3. The number of pyridine rings is 2. The van der Waals surface area contributed by atoms with Crippen LogP contribution in [0.3, 0.4) is 0 Å². The molecule has 4 heterocycles. The molecule has 0 spiro atoms. The Morgan fingerprint density at radius 2 is 1.91 bits per heavy atom. The van der Waals surface area contributed by atoms with Crippen LogP contribution in [0, 0.1) is 0 Å². The van der Waals surface area contributed by atoms with Crippen molar-refractivity contribution in [2.75, 3.05) is 43.4 Å². The Labute approximate surface area is 252 Å². The first kappa shape index (κ1) is 30.6. The number of rotatable bonds is 10. The van der Waals surface area contributed by atoms with E-state index in [1.54, 1.807) is 43.6 Å². The molecule has 10 nitrogen and oxygen atoms in total. The zero-order chi connectivity index (χ0) is 30.7. The third-order valence-electron chi connectivity index (χ3n) is 7.29. The van der Waals surface area contributed by atoms with Gasteiger partial charge in [-0.2, -0.15) is 0 Å². The molecule has 0 bridgehead atoms. The Morgan fingerprint density at radius 3 is 2.60 bits per heavy atom. The van der Waals surface area contributed by atoms with E-state index in [4.69, 9.17) is 16.3 Å². The minimum Gasteiger partial charge on any atom is -0.377 e. The number of likely N-dealkylation sites (tertiary alicyclic amines) is 1. The minimum atomic E-state index is -2.92. The van der Waals surface area contributed by atoms with Crippen molar-refractivity contribution in [3.8, 4) is 11.1 Å². The molecule has 2 fully saturated rings. The van der Waals surface area contributed by atoms with E-state index in [2.05, 4.69) is 20.9 Å². The summed E-state index contributed by atoms with van der Waals surface area (Å²) in [6.45, 7) is 2.92. The summed E-state index contributed by atoms with van der Waals surface area (Å²) in [5.74, 6) is -3.62. The van der Waals surface area contributed by atoms with Gasteiger partial charge in [-0.1, -0.05) is 17.7 Å². The predicted molar refractivity (Wildman–Crippen MR) is 160 cm³/mol. The molecular weight excluding hydrogens is 582 g/mol. The number of aryl methyl sites for hydroxylation is 1. The van der Waals surface area contributed by atoms with Crippen LogP contribution in [0.2, 0.25) is 5.02 Å². The van der Waals surface area contributed by atoms with Crippen molar-refractivity contribution >= 4 is 35.1 Å². The molecule has 2 aliphatic heterocycles. The van der Waals surface area contributed by atoms with Gasteiger partial charge >= 0.3 is 0 Å². The third kappa shape index (κ3) is 7.20. The number of hydrogen-bond acceptors (Lipinski definition) is 7. The zero-order valence-corrected chi connectivity index (χ0v) is 24.6. The maximum atomic E-state index is 13.5. The van der Waals surface area contributed by atoms with Gasteiger partial charge in [-0.3, -0.25) is 14.4 Å². The van der Waals surface area contributed by atoms with Crippen molar-refractivity contribution in [3.05, 3.63) is 74.7 Å². The van der Waals surface area contributed by atoms with Crippen molar-refractivity contribution in [2.24, 2.45) is 7.05 Å². The highest BCUT2D eigenvalue weighted by Gasteiger charge is 2.46. The normalized spacial score (nSPS) is 17.4. The molecule has 43 heavy (non-hydrogen) atoms. The van der Waals surface area contributed by atoms with Gasteiger partial charge in [0, 0.05) is 50.1 Å². The van der Waals surface area contributed by atoms with Crippen LogP contribution in [0.1, 0.15) is 46.0 Å². The zero-order valence-electron chi connectivity index (χ0n) is 23.9. The highest BCUT2D eigenvalue weighted by molar-refractivity contribution is 6.31. The van der Waals surface area contributed by atoms with Crippen molar-refractivity contribution < 1.29 is 23.1 Å². The number of carbonyl (C=O) groups is 2. The van der Waals surface area contributed by atoms with Gasteiger partial charge in [-0.25, -0.2) is 13.8 Å². The van der Waals surface area contributed by atoms with Gasteiger partial charge < -0.3 is 30.2 Å². The van der Waals surface area contributed by atoms with Crippen LogP contribution in [0.15, 0.2) is 47.4 Å². The van der Waals surface area contributed by atoms with Crippen molar-refractivity contribution in [3.63, 3.8) is 0 Å². The molecule has 0 radical (unpaired) electrons. The lowest BCUT2D eigenvalue weighted by Gasteiger charge is -2.39. The van der Waals surface area contributed by atoms with Gasteiger partial charge in [0.1, 0.15) is 17.2 Å². The maximum Gasteiger partial charge on any atom is 0.282 e. The molecule has 13 heteroatoms. The van der Waals surface area contributed by atoms with E-state index in [9.17, 15) is 23.2 Å². The highest BCUT2D eigenvalue weighted by atomic mass is 35.5. The van der Waals surface area contributed by atoms with Crippen LogP contribution in [0.4, 0.5) is 20.4 Å². The number of aromatic nitrogens is 2. The van der Waals surface area contributed by atoms with Gasteiger partial charge in [0.05, 0.1) is 19.2 Å². The Hall–Kier alpha value is -3.87. The van der Waals surface area contributed by atoms with Crippen LogP contribution in [-0.4, -0.2) is 71.1 Å². The predicted octanol–water partition coefficient (Wildman–Crippen LogP) is 4.14. The summed E-state index contributed by atoms with van der Waals surface area (Å²) in [6, 6.07) is 9.43. The second-order valence-electron chi connectivity index (χ2n) is 10.8. The molecule has 3 N–H and O–H groups in total. The fourth-order valence-electron chi connectivity index (χ4n) is 5.20. The fraction of sp³-hybridized carbons (Fsp3) is 0.400. The Kier molecular flexibility index (Phi) is 9.09. The summed E-state index contributed by atoms with van der Waals surface area (Å²) in [7, 11) is 1.58. The molecule has 2 aliphatic rings. The van der Waals surface area contributed by atoms with E-state index in [0.29, 0.717) is 36.6 Å². The van der Waals surface area contributed by atoms with Crippen LogP contribution >= 0.6 is 11.6 Å². The number of nitrogens with one attached hydrogen (secondary N) is 3. The Bertz CT molecular complexity index is 1580. The lowest BCUT2D eigenvalue weighted by Crippen LogP contribution is -2.58. The number of anilines is 2. The molecule has 0 unspecified atom stereocenters. The summed E-state index contributed by atoms with van der Waals surface area (Å²) in [4.78, 5) is 45.0. The molecule has 2 amide bonds. The average Bonchev–Trinajstić information content (AvgIpc) is 3.46. The van der Waals surface area contributed by atoms with Crippen molar-refractivity contribution in [1.29, 1.82) is 0 Å². The third-order valence-corrected chi connectivity index (χ3v) is 7.52. The minimum absolute atomic E-state index is 0.0582. The number of carbonyl (C=O) groups excluding carboxylic acids is 2. The quantitative estimate of drug-likeness (QED) is 0.314. The standard InChI is InChI=1S/C30H33ClF2N6O4/c1-3-35-25-10-19(22-7-6-20(31)12-23(22)29(42)39-16-30(32,33)17-39)11-26(36-25)37-27(40)24-9-18(15-38(2)28(24)41)13-34-14-21-5-4-8-43-21/h6-7,9-12,15,21,34H,3-5,8,13-14,16-17H2,1-2H3,(H2,35,36,37,40)/t21-/m0/s1. The molecule has 0 saturated carbocycles. The molecule has 1 aromatic carbocycles. The Morgan fingerprint density at radius 1 is 1.14 bits per heavy atom. The van der Waals surface area contributed by atoms with E-state index in [0.717, 1.165) is 29.9 Å². The smallest absolute Gasteiger partial charge is 0.282 e. The van der Waals surface area contributed by atoms with Crippen LogP contribution in [0.25, 0.3) is 11.1 Å². The number of alkyl halides is 2. The second kappa shape index (κ2) is 12.8. The van der Waals surface area contributed by atoms with Gasteiger partial charge in [0.15, 0.2) is 0 Å². The molecule has 0 aliphatic carbocycles. The molecule has 2 saturated heterocycles. The molecule has 2 aromatic heterocycles. The number of ether oxygens (including phenoxy) is 1. The molecule has 228 valence electrons. The largest absolute Gasteiger partial charge is 0.377 e. The Balaban J connectivity index is 1.41. The van der Waals surface area contributed by atoms with E-state index in [1.807, 2.05) is 6.92 Å². The van der Waals surface area contributed by atoms with E-state index in [-0.39, 0.29) is 28.1 Å². The van der Waals surface area contributed by atoms with E-state index in [1.165, 1.54) is 10.6 Å². The summed E-state index contributed by atoms with van der Waals surface area (Å²) in [6.07, 6.45) is 3.86. The van der Waals surface area contributed by atoms with E-state index >= 15 is 0 Å². The van der Waals surface area contributed by atoms with E-state index < -0.39 is 36.4 Å². The van der Waals surface area contributed by atoms with Gasteiger partial charge in [0.2, 0.25) is 0 Å². The summed E-state index contributed by atoms with van der Waals surface area (Å²) < 4.78 is 34.0. The molecule has 5 rings (SSSR count). The summed E-state index contributed by atoms with van der Waals surface area (Å²) in [5, 5.41) is 9.40. The fourth-order valence-corrected chi connectivity index (χ4v) is 5.37. The number of benzene rings is 1. The lowest BCUT2D eigenvalue weighted by molar-refractivity contribution is -0.113. The summed E-state index contributed by atoms with van der Waals surface area (Å²) in [5.41, 5.74) is 1.29. The topological polar surface area (TPSA) is 118 Å². The summed E-state index contributed by atoms with van der Waals surface area (Å²) >= 11 is 6.18. The van der Waals surface area contributed by atoms with Gasteiger partial charge in [0.25, 0.3) is 23.3 Å². The van der Waals surface area contributed by atoms with Crippen molar-refractivity contribution in [2.45, 2.75) is 38.3 Å². The number of nitrogens with zero attached hydrogens (tertiary/aromatic N) is 3. The molecule has 1 atom stereocenters. The van der Waals surface area contributed by atoms with Crippen molar-refractivity contribution in [1.82, 2.24) is 19.8 Å². The maximum absolute atomic E-state index is 13.5.